The average Bonchev–Trinajstić information content (AvgIpc) is 3.24. The van der Waals surface area contributed by atoms with E-state index in [0.29, 0.717) is 12.8 Å². The Hall–Kier alpha value is -3.41. The summed E-state index contributed by atoms with van der Waals surface area (Å²) in [4.78, 5) is 64.5. The lowest BCUT2D eigenvalue weighted by atomic mass is 9.94. The Morgan fingerprint density at radius 2 is 2.00 bits per heavy atom. The molecule has 0 unspecified atom stereocenters. The standard InChI is InChI=1S/C22H29N7O4S/c1-12(2)8-15(19(23)30)28-21(32)18-9-14(27-20(31)16-10-24-5-6-25-16)4-7-29(18)22(33)17-11-34-13(3)26-17/h5-6,10-12,14-15,18H,4,7-9H2,1-3H3,(H2,23,30)(H,27,31)(H,28,32)/t14-,15+,18-/m0/s1. The molecule has 1 fully saturated rings. The molecule has 182 valence electrons. The fourth-order valence-corrected chi connectivity index (χ4v) is 4.44. The van der Waals surface area contributed by atoms with Gasteiger partial charge >= 0.3 is 0 Å². The van der Waals surface area contributed by atoms with Crippen molar-refractivity contribution in [3.63, 3.8) is 0 Å². The van der Waals surface area contributed by atoms with Crippen molar-refractivity contribution < 1.29 is 19.2 Å². The molecule has 3 heterocycles. The van der Waals surface area contributed by atoms with E-state index in [1.54, 1.807) is 12.3 Å². The molecule has 4 N–H and O–H groups in total. The van der Waals surface area contributed by atoms with Gasteiger partial charge in [-0.3, -0.25) is 24.2 Å². The van der Waals surface area contributed by atoms with E-state index in [1.807, 2.05) is 13.8 Å². The molecule has 11 nitrogen and oxygen atoms in total. The number of amides is 4. The zero-order chi connectivity index (χ0) is 24.8. The molecule has 0 radical (unpaired) electrons. The van der Waals surface area contributed by atoms with Gasteiger partial charge in [0.25, 0.3) is 11.8 Å². The van der Waals surface area contributed by atoms with Crippen molar-refractivity contribution in [2.75, 3.05) is 6.54 Å². The van der Waals surface area contributed by atoms with E-state index in [9.17, 15) is 19.2 Å². The lowest BCUT2D eigenvalue weighted by molar-refractivity contribution is -0.131. The van der Waals surface area contributed by atoms with Crippen LogP contribution in [0.1, 0.15) is 59.1 Å². The topological polar surface area (TPSA) is 160 Å². The lowest BCUT2D eigenvalue weighted by Crippen LogP contribution is -2.59. The van der Waals surface area contributed by atoms with E-state index >= 15 is 0 Å². The molecule has 1 saturated heterocycles. The zero-order valence-electron chi connectivity index (χ0n) is 19.4. The molecule has 3 atom stereocenters. The van der Waals surface area contributed by atoms with Crippen LogP contribution in [0.15, 0.2) is 24.0 Å². The van der Waals surface area contributed by atoms with Crippen LogP contribution in [0.25, 0.3) is 0 Å². The molecule has 0 aromatic carbocycles. The normalized spacial score (nSPS) is 18.9. The van der Waals surface area contributed by atoms with Crippen LogP contribution in [0.3, 0.4) is 0 Å². The number of nitrogens with zero attached hydrogens (tertiary/aromatic N) is 4. The Labute approximate surface area is 201 Å². The molecule has 2 aromatic heterocycles. The summed E-state index contributed by atoms with van der Waals surface area (Å²) >= 11 is 1.34. The number of thiazole rings is 1. The van der Waals surface area contributed by atoms with Crippen molar-refractivity contribution in [3.8, 4) is 0 Å². The highest BCUT2D eigenvalue weighted by atomic mass is 32.1. The molecule has 3 rings (SSSR count). The van der Waals surface area contributed by atoms with E-state index in [0.717, 1.165) is 5.01 Å². The summed E-state index contributed by atoms with van der Waals surface area (Å²) in [5.74, 6) is -1.80. The molecule has 4 amide bonds. The summed E-state index contributed by atoms with van der Waals surface area (Å²) in [5, 5.41) is 7.96. The molecule has 34 heavy (non-hydrogen) atoms. The van der Waals surface area contributed by atoms with E-state index in [4.69, 9.17) is 5.73 Å². The molecule has 0 spiro atoms. The minimum Gasteiger partial charge on any atom is -0.368 e. The molecular weight excluding hydrogens is 458 g/mol. The van der Waals surface area contributed by atoms with E-state index in [1.165, 1.54) is 34.8 Å². The van der Waals surface area contributed by atoms with Crippen molar-refractivity contribution in [3.05, 3.63) is 40.4 Å². The minimum atomic E-state index is -0.913. The Balaban J connectivity index is 1.79. The molecule has 12 heteroatoms. The maximum absolute atomic E-state index is 13.3. The number of hydrogen-bond acceptors (Lipinski definition) is 8. The number of nitrogens with one attached hydrogen (secondary N) is 2. The number of nitrogens with two attached hydrogens (primary N) is 1. The molecule has 0 saturated carbocycles. The highest BCUT2D eigenvalue weighted by Crippen LogP contribution is 2.22. The predicted octanol–water partition coefficient (Wildman–Crippen LogP) is 0.661. The van der Waals surface area contributed by atoms with Crippen LogP contribution < -0.4 is 16.4 Å². The number of carbonyl (C=O) groups is 4. The number of hydrogen-bond donors (Lipinski definition) is 3. The van der Waals surface area contributed by atoms with Gasteiger partial charge in [0, 0.05) is 30.4 Å². The number of primary amides is 1. The van der Waals surface area contributed by atoms with Crippen LogP contribution in [-0.4, -0.2) is 68.2 Å². The number of carbonyl (C=O) groups excluding carboxylic acids is 4. The van der Waals surface area contributed by atoms with Crippen molar-refractivity contribution in [1.29, 1.82) is 0 Å². The fourth-order valence-electron chi connectivity index (χ4n) is 3.86. The molecule has 0 bridgehead atoms. The zero-order valence-corrected chi connectivity index (χ0v) is 20.2. The second-order valence-corrected chi connectivity index (χ2v) is 9.71. The first-order valence-electron chi connectivity index (χ1n) is 11.0. The fraction of sp³-hybridized carbons (Fsp3) is 0.500. The van der Waals surface area contributed by atoms with Crippen LogP contribution >= 0.6 is 11.3 Å². The first-order chi connectivity index (χ1) is 16.2. The molecular formula is C22H29N7O4S. The van der Waals surface area contributed by atoms with Gasteiger partial charge < -0.3 is 21.3 Å². The smallest absolute Gasteiger partial charge is 0.274 e. The van der Waals surface area contributed by atoms with Gasteiger partial charge in [0.05, 0.1) is 11.2 Å². The van der Waals surface area contributed by atoms with Crippen LogP contribution in [0.5, 0.6) is 0 Å². The maximum atomic E-state index is 13.3. The van der Waals surface area contributed by atoms with E-state index in [-0.39, 0.29) is 42.2 Å². The van der Waals surface area contributed by atoms with Gasteiger partial charge in [0.2, 0.25) is 11.8 Å². The van der Waals surface area contributed by atoms with Gasteiger partial charge in [-0.1, -0.05) is 13.8 Å². The molecule has 2 aromatic rings. The Bertz CT molecular complexity index is 1040. The highest BCUT2D eigenvalue weighted by molar-refractivity contribution is 7.09. The van der Waals surface area contributed by atoms with Crippen molar-refractivity contribution in [2.45, 2.75) is 58.2 Å². The molecule has 1 aliphatic rings. The number of likely N-dealkylation sites (tertiary alicyclic amines) is 1. The van der Waals surface area contributed by atoms with E-state index in [2.05, 4.69) is 25.6 Å². The van der Waals surface area contributed by atoms with Crippen molar-refractivity contribution >= 4 is 35.0 Å². The highest BCUT2D eigenvalue weighted by Gasteiger charge is 2.39. The van der Waals surface area contributed by atoms with Gasteiger partial charge in [-0.05, 0) is 32.1 Å². The third kappa shape index (κ3) is 6.34. The predicted molar refractivity (Wildman–Crippen MR) is 125 cm³/mol. The maximum Gasteiger partial charge on any atom is 0.274 e. The summed E-state index contributed by atoms with van der Waals surface area (Å²) in [6.07, 6.45) is 5.22. The second-order valence-electron chi connectivity index (χ2n) is 8.64. The summed E-state index contributed by atoms with van der Waals surface area (Å²) in [5.41, 5.74) is 5.91. The van der Waals surface area contributed by atoms with Gasteiger partial charge in [-0.15, -0.1) is 11.3 Å². The minimum absolute atomic E-state index is 0.124. The van der Waals surface area contributed by atoms with Crippen LogP contribution in [0, 0.1) is 12.8 Å². The van der Waals surface area contributed by atoms with Gasteiger partial charge in [0.1, 0.15) is 23.5 Å². The van der Waals surface area contributed by atoms with Gasteiger partial charge in [-0.25, -0.2) is 9.97 Å². The number of piperidine rings is 1. The third-order valence-corrected chi connectivity index (χ3v) is 6.28. The average molecular weight is 488 g/mol. The van der Waals surface area contributed by atoms with Crippen molar-refractivity contribution in [2.24, 2.45) is 11.7 Å². The number of aryl methyl sites for hydroxylation is 1. The summed E-state index contributed by atoms with van der Waals surface area (Å²) in [6.45, 7) is 5.86. The Kier molecular flexibility index (Phi) is 8.26. The van der Waals surface area contributed by atoms with Crippen LogP contribution in [0.4, 0.5) is 0 Å². The van der Waals surface area contributed by atoms with Gasteiger partial charge in [-0.2, -0.15) is 0 Å². The molecule has 1 aliphatic heterocycles. The molecule has 0 aliphatic carbocycles. The number of aromatic nitrogens is 3. The van der Waals surface area contributed by atoms with Crippen LogP contribution in [0.2, 0.25) is 0 Å². The van der Waals surface area contributed by atoms with Crippen LogP contribution in [-0.2, 0) is 9.59 Å². The lowest BCUT2D eigenvalue weighted by Gasteiger charge is -2.39. The van der Waals surface area contributed by atoms with E-state index < -0.39 is 29.8 Å². The first kappa shape index (κ1) is 25.2. The summed E-state index contributed by atoms with van der Waals surface area (Å²) in [7, 11) is 0. The first-order valence-corrected chi connectivity index (χ1v) is 11.9. The summed E-state index contributed by atoms with van der Waals surface area (Å²) in [6, 6.07) is -2.16. The summed E-state index contributed by atoms with van der Waals surface area (Å²) < 4.78 is 0. The number of rotatable bonds is 8. The quantitative estimate of drug-likeness (QED) is 0.493. The Morgan fingerprint density at radius 3 is 2.59 bits per heavy atom. The largest absolute Gasteiger partial charge is 0.368 e. The van der Waals surface area contributed by atoms with Gasteiger partial charge in [0.15, 0.2) is 0 Å². The third-order valence-electron chi connectivity index (χ3n) is 5.50. The SMILES string of the molecule is Cc1nc(C(=O)N2CC[C@H](NC(=O)c3cnccn3)C[C@H]2C(=O)N[C@H](CC(C)C)C(N)=O)cs1. The second kappa shape index (κ2) is 11.1. The van der Waals surface area contributed by atoms with Crippen molar-refractivity contribution in [1.82, 2.24) is 30.5 Å². The Morgan fingerprint density at radius 1 is 1.24 bits per heavy atom. The monoisotopic (exact) mass is 487 g/mol.